The predicted octanol–water partition coefficient (Wildman–Crippen LogP) is 24.6. The monoisotopic (exact) mass is 1170 g/mol. The maximum absolute atomic E-state index is 7.08. The number of rotatable bonds is 11. The summed E-state index contributed by atoms with van der Waals surface area (Å²) in [7, 11) is 0. The van der Waals surface area contributed by atoms with E-state index in [1.807, 2.05) is 0 Å². The number of hydrogen-bond acceptors (Lipinski definition) is 4. The van der Waals surface area contributed by atoms with E-state index in [4.69, 9.17) is 8.83 Å². The first-order chi connectivity index (χ1) is 43.6. The molecule has 2 atom stereocenters. The van der Waals surface area contributed by atoms with Gasteiger partial charge in [0.2, 0.25) is 0 Å². The van der Waals surface area contributed by atoms with Gasteiger partial charge in [0.05, 0.1) is 22.7 Å². The van der Waals surface area contributed by atoms with Gasteiger partial charge in [-0.15, -0.1) is 0 Å². The summed E-state index contributed by atoms with van der Waals surface area (Å²) >= 11 is 0. The third-order valence-corrected chi connectivity index (χ3v) is 20.0. The Balaban J connectivity index is 1.06. The van der Waals surface area contributed by atoms with Crippen molar-refractivity contribution in [1.29, 1.82) is 0 Å². The average molecular weight is 1170 g/mol. The van der Waals surface area contributed by atoms with E-state index in [0.29, 0.717) is 0 Å². The highest BCUT2D eigenvalue weighted by atomic mass is 16.3. The van der Waals surface area contributed by atoms with Crippen molar-refractivity contribution in [2.45, 2.75) is 80.1 Å². The number of nitrogens with zero attached hydrogens (tertiary/aromatic N) is 2. The van der Waals surface area contributed by atoms with Gasteiger partial charge in [0.1, 0.15) is 11.2 Å². The van der Waals surface area contributed by atoms with Crippen LogP contribution in [0.15, 0.2) is 276 Å². The fourth-order valence-corrected chi connectivity index (χ4v) is 16.5. The summed E-state index contributed by atoms with van der Waals surface area (Å²) in [5.41, 5.74) is 25.2. The number of allylic oxidation sites excluding steroid dienone is 5. The Bertz CT molecular complexity index is 5140. The van der Waals surface area contributed by atoms with Crippen LogP contribution in [-0.4, -0.2) is 0 Å². The molecule has 0 aliphatic heterocycles. The molecule has 2 aliphatic carbocycles. The van der Waals surface area contributed by atoms with Gasteiger partial charge in [-0.1, -0.05) is 248 Å². The smallest absolute Gasteiger partial charge is 0.159 e. The third kappa shape index (κ3) is 8.06. The first-order valence-corrected chi connectivity index (χ1v) is 31.7. The fourth-order valence-electron chi connectivity index (χ4n) is 16.5. The maximum Gasteiger partial charge on any atom is 0.159 e. The minimum Gasteiger partial charge on any atom is -0.454 e. The Morgan fingerprint density at radius 3 is 1.34 bits per heavy atom. The lowest BCUT2D eigenvalue weighted by molar-refractivity contribution is 0.0594. The number of anilines is 6. The minimum atomic E-state index is -0.744. The first-order valence-electron chi connectivity index (χ1n) is 31.7. The fraction of sp³-hybridized carbons (Fsp3) is 0.163. The van der Waals surface area contributed by atoms with E-state index in [0.717, 1.165) is 100 Å². The van der Waals surface area contributed by atoms with Crippen molar-refractivity contribution < 1.29 is 8.83 Å². The van der Waals surface area contributed by atoms with Crippen molar-refractivity contribution in [3.8, 4) is 33.4 Å². The summed E-state index contributed by atoms with van der Waals surface area (Å²) in [6, 6.07) is 88.0. The first kappa shape index (κ1) is 56.4. The largest absolute Gasteiger partial charge is 0.454 e. The summed E-state index contributed by atoms with van der Waals surface area (Å²) < 4.78 is 14.1. The van der Waals surface area contributed by atoms with Crippen molar-refractivity contribution in [3.05, 3.63) is 306 Å². The van der Waals surface area contributed by atoms with E-state index < -0.39 is 21.7 Å². The molecule has 90 heavy (non-hydrogen) atoms. The summed E-state index contributed by atoms with van der Waals surface area (Å²) in [6.07, 6.45) is 6.40. The van der Waals surface area contributed by atoms with Gasteiger partial charge in [0.15, 0.2) is 11.2 Å². The van der Waals surface area contributed by atoms with E-state index in [1.165, 1.54) is 61.2 Å². The zero-order valence-electron chi connectivity index (χ0n) is 53.2. The molecular weight excluding hydrogens is 1090 g/mol. The maximum atomic E-state index is 7.08. The van der Waals surface area contributed by atoms with Crippen LogP contribution in [0.3, 0.4) is 0 Å². The quantitative estimate of drug-likeness (QED) is 0.121. The van der Waals surface area contributed by atoms with Gasteiger partial charge < -0.3 is 18.6 Å². The van der Waals surface area contributed by atoms with Crippen molar-refractivity contribution in [2.75, 3.05) is 9.80 Å². The van der Waals surface area contributed by atoms with Crippen LogP contribution < -0.4 is 9.80 Å². The molecule has 15 rings (SSSR count). The van der Waals surface area contributed by atoms with Gasteiger partial charge in [-0.25, -0.2) is 0 Å². The molecule has 0 saturated heterocycles. The zero-order chi connectivity index (χ0) is 62.0. The molecule has 11 aromatic carbocycles. The van der Waals surface area contributed by atoms with Crippen LogP contribution in [0.1, 0.15) is 94.3 Å². The number of aryl methyl sites for hydroxylation is 1. The molecule has 4 nitrogen and oxygen atoms in total. The minimum absolute atomic E-state index is 0.453. The molecule has 0 fully saturated rings. The second kappa shape index (κ2) is 21.0. The average Bonchev–Trinajstić information content (AvgIpc) is 1.43. The van der Waals surface area contributed by atoms with Crippen molar-refractivity contribution in [1.82, 2.24) is 0 Å². The van der Waals surface area contributed by atoms with Crippen LogP contribution >= 0.6 is 0 Å². The molecule has 2 aromatic heterocycles. The van der Waals surface area contributed by atoms with Crippen LogP contribution in [0.2, 0.25) is 0 Å². The molecule has 2 unspecified atom stereocenters. The summed E-state index contributed by atoms with van der Waals surface area (Å²) in [5, 5.41) is 4.32. The molecular formula is C86H74N2O2. The predicted molar refractivity (Wildman–Crippen MR) is 381 cm³/mol. The summed E-state index contributed by atoms with van der Waals surface area (Å²) in [6.45, 7) is 28.3. The van der Waals surface area contributed by atoms with Gasteiger partial charge in [-0.3, -0.25) is 0 Å². The van der Waals surface area contributed by atoms with Crippen LogP contribution in [0.5, 0.6) is 0 Å². The van der Waals surface area contributed by atoms with E-state index in [9.17, 15) is 0 Å². The second-order valence-corrected chi connectivity index (χ2v) is 26.9. The SMILES string of the molecule is C=C(C)/C(=C\C=C/C)c1ccccc1N(c1ccc2c(c1)C(C(C)(C)C)(C1(C(C)(C)C)c3ccccc3-c3ccc(N(c4ccccc4-c4cccc(C)c4C)c4cccc5c4oc4ccccc45)cc31)c1ccccc1-2)c1cccc2c1oc1ccccc12. The molecule has 0 saturated carbocycles. The zero-order valence-corrected chi connectivity index (χ0v) is 53.2. The van der Waals surface area contributed by atoms with E-state index in [1.54, 1.807) is 0 Å². The number of fused-ring (bicyclic) bond motifs is 12. The molecule has 440 valence electrons. The van der Waals surface area contributed by atoms with Crippen LogP contribution in [0.4, 0.5) is 34.1 Å². The highest BCUT2D eigenvalue weighted by molar-refractivity contribution is 6.12. The van der Waals surface area contributed by atoms with E-state index in [2.05, 4.69) is 340 Å². The number of benzene rings is 11. The summed E-state index contributed by atoms with van der Waals surface area (Å²) in [5.74, 6) is 0. The second-order valence-electron chi connectivity index (χ2n) is 26.9. The van der Waals surface area contributed by atoms with Crippen LogP contribution in [0.25, 0.3) is 82.8 Å². The van der Waals surface area contributed by atoms with Gasteiger partial charge in [-0.05, 0) is 166 Å². The molecule has 13 aromatic rings. The van der Waals surface area contributed by atoms with Crippen LogP contribution in [0, 0.1) is 24.7 Å². The number of hydrogen-bond donors (Lipinski definition) is 0. The van der Waals surface area contributed by atoms with Crippen LogP contribution in [-0.2, 0) is 10.8 Å². The molecule has 4 heteroatoms. The molecule has 0 amide bonds. The molecule has 0 radical (unpaired) electrons. The number of para-hydroxylation sites is 6. The standard InChI is InChI=1S/C86H74N2O2/c1-12-13-30-59(54(2)3)65-33-16-22-42-75(65)87(77-44-27-38-69-67-35-18-24-46-79(67)89-81(69)77)57-48-50-63-61-31-14-20-40-71(61)85(73(63)52-57,83(6,7)8)86(84(9,10)11)72-41-21-15-32-62(72)64-51-49-58(53-74(64)86)88(76-43-23-17-34-66(76)60-37-26-29-55(4)56(60)5)78-45-28-39-70-68-36-19-25-47-80(68)90-82(70)78/h12-53H,2H2,1,3-11H3/b13-12-,59-30+. The van der Waals surface area contributed by atoms with Crippen molar-refractivity contribution >= 4 is 83.6 Å². The lowest BCUT2D eigenvalue weighted by Crippen LogP contribution is -2.62. The van der Waals surface area contributed by atoms with Gasteiger partial charge >= 0.3 is 0 Å². The molecule has 0 N–H and O–H groups in total. The Kier molecular flexibility index (Phi) is 13.1. The Morgan fingerprint density at radius 1 is 0.411 bits per heavy atom. The molecule has 0 spiro atoms. The summed E-state index contributed by atoms with van der Waals surface area (Å²) in [4.78, 5) is 4.96. The Labute approximate surface area is 529 Å². The lowest BCUT2D eigenvalue weighted by atomic mass is 9.39. The highest BCUT2D eigenvalue weighted by Gasteiger charge is 2.70. The van der Waals surface area contributed by atoms with Gasteiger partial charge in [-0.2, -0.15) is 0 Å². The number of furan rings is 2. The third-order valence-electron chi connectivity index (χ3n) is 20.0. The Hall–Kier alpha value is -10.2. The molecule has 0 bridgehead atoms. The van der Waals surface area contributed by atoms with Gasteiger partial charge in [0, 0.05) is 54.9 Å². The van der Waals surface area contributed by atoms with Gasteiger partial charge in [0.25, 0.3) is 0 Å². The normalized spacial score (nSPS) is 16.3. The lowest BCUT2D eigenvalue weighted by Gasteiger charge is -2.62. The molecule has 2 heterocycles. The topological polar surface area (TPSA) is 32.8 Å². The Morgan fingerprint density at radius 2 is 0.822 bits per heavy atom. The van der Waals surface area contributed by atoms with Crippen molar-refractivity contribution in [3.63, 3.8) is 0 Å². The highest BCUT2D eigenvalue weighted by Crippen LogP contribution is 2.75. The van der Waals surface area contributed by atoms with Crippen molar-refractivity contribution in [2.24, 2.45) is 10.8 Å². The molecule has 2 aliphatic rings. The van der Waals surface area contributed by atoms with E-state index in [-0.39, 0.29) is 0 Å². The van der Waals surface area contributed by atoms with E-state index >= 15 is 0 Å².